The van der Waals surface area contributed by atoms with E-state index in [1.165, 1.54) is 0 Å². The summed E-state index contributed by atoms with van der Waals surface area (Å²) in [6.07, 6.45) is 1.06. The van der Waals surface area contributed by atoms with E-state index in [1.807, 2.05) is 27.7 Å². The monoisotopic (exact) mass is 439 g/mol. The lowest BCUT2D eigenvalue weighted by Gasteiger charge is -2.28. The first-order chi connectivity index (χ1) is 14.0. The summed E-state index contributed by atoms with van der Waals surface area (Å²) in [7, 11) is -3.68. The zero-order chi connectivity index (χ0) is 22.5. The van der Waals surface area contributed by atoms with Gasteiger partial charge in [-0.1, -0.05) is 27.7 Å². The number of ether oxygens (including phenoxy) is 1. The molecule has 1 heterocycles. The van der Waals surface area contributed by atoms with Crippen LogP contribution in [0.5, 0.6) is 0 Å². The van der Waals surface area contributed by atoms with Gasteiger partial charge in [0.05, 0.1) is 25.2 Å². The van der Waals surface area contributed by atoms with Crippen LogP contribution >= 0.6 is 0 Å². The van der Waals surface area contributed by atoms with E-state index in [1.54, 1.807) is 29.2 Å². The van der Waals surface area contributed by atoms with Crippen LogP contribution in [0.4, 0.5) is 5.69 Å². The zero-order valence-electron chi connectivity index (χ0n) is 18.4. The maximum atomic E-state index is 12.6. The van der Waals surface area contributed by atoms with Crippen molar-refractivity contribution in [2.24, 2.45) is 11.8 Å². The van der Waals surface area contributed by atoms with E-state index in [0.29, 0.717) is 37.6 Å². The minimum absolute atomic E-state index is 0.0487. The molecule has 168 valence electrons. The van der Waals surface area contributed by atoms with Crippen LogP contribution in [0.15, 0.2) is 24.3 Å². The van der Waals surface area contributed by atoms with E-state index in [9.17, 15) is 18.0 Å². The van der Waals surface area contributed by atoms with Crippen molar-refractivity contribution in [3.05, 3.63) is 29.8 Å². The Kier molecular flexibility index (Phi) is 8.25. The fourth-order valence-electron chi connectivity index (χ4n) is 3.58. The first-order valence-electron chi connectivity index (χ1n) is 10.2. The Morgan fingerprint density at radius 2 is 1.60 bits per heavy atom. The van der Waals surface area contributed by atoms with E-state index in [-0.39, 0.29) is 36.2 Å². The lowest BCUT2D eigenvalue weighted by atomic mass is 9.93. The van der Waals surface area contributed by atoms with Gasteiger partial charge in [0.2, 0.25) is 15.9 Å². The van der Waals surface area contributed by atoms with Crippen LogP contribution in [0, 0.1) is 11.8 Å². The fourth-order valence-corrected chi connectivity index (χ4v) is 4.44. The second-order valence-corrected chi connectivity index (χ2v) is 10.2. The Morgan fingerprint density at radius 1 is 1.07 bits per heavy atom. The van der Waals surface area contributed by atoms with Crippen LogP contribution in [-0.2, 0) is 19.6 Å². The quantitative estimate of drug-likeness (QED) is 0.665. The molecule has 1 N–H and O–H groups in total. The number of carbonyl (C=O) groups is 2. The first-order valence-corrected chi connectivity index (χ1v) is 12.1. The van der Waals surface area contributed by atoms with Crippen molar-refractivity contribution in [2.75, 3.05) is 43.4 Å². The van der Waals surface area contributed by atoms with Crippen LogP contribution in [0.3, 0.4) is 0 Å². The number of sulfonamides is 1. The van der Waals surface area contributed by atoms with Crippen LogP contribution in [-0.4, -0.2) is 70.3 Å². The molecule has 0 spiro atoms. The van der Waals surface area contributed by atoms with E-state index < -0.39 is 10.0 Å². The number of rotatable bonds is 8. The third-order valence-corrected chi connectivity index (χ3v) is 6.29. The van der Waals surface area contributed by atoms with Gasteiger partial charge in [0.15, 0.2) is 0 Å². The Morgan fingerprint density at radius 3 is 2.07 bits per heavy atom. The van der Waals surface area contributed by atoms with Crippen molar-refractivity contribution in [3.8, 4) is 0 Å². The third kappa shape index (κ3) is 6.43. The Hall–Kier alpha value is -2.13. The van der Waals surface area contributed by atoms with Crippen molar-refractivity contribution in [2.45, 2.75) is 33.7 Å². The average Bonchev–Trinajstić information content (AvgIpc) is 2.69. The molecule has 1 aromatic rings. The third-order valence-electron chi connectivity index (χ3n) is 5.15. The molecule has 1 aliphatic heterocycles. The molecule has 30 heavy (non-hydrogen) atoms. The molecule has 2 amide bonds. The van der Waals surface area contributed by atoms with Gasteiger partial charge in [-0.2, -0.15) is 0 Å². The van der Waals surface area contributed by atoms with Crippen LogP contribution < -0.4 is 9.62 Å². The second-order valence-electron chi connectivity index (χ2n) is 8.30. The van der Waals surface area contributed by atoms with Gasteiger partial charge >= 0.3 is 0 Å². The molecule has 2 rings (SSSR count). The van der Waals surface area contributed by atoms with E-state index in [4.69, 9.17) is 4.74 Å². The molecule has 0 saturated carbocycles. The van der Waals surface area contributed by atoms with Gasteiger partial charge < -0.3 is 15.0 Å². The van der Waals surface area contributed by atoms with Crippen molar-refractivity contribution in [1.82, 2.24) is 10.2 Å². The number of nitrogens with one attached hydrogen (secondary N) is 1. The summed E-state index contributed by atoms with van der Waals surface area (Å²) in [4.78, 5) is 26.9. The van der Waals surface area contributed by atoms with Gasteiger partial charge in [-0.05, 0) is 36.1 Å². The number of nitrogens with zero attached hydrogens (tertiary/aromatic N) is 2. The van der Waals surface area contributed by atoms with Crippen LogP contribution in [0.2, 0.25) is 0 Å². The molecule has 0 radical (unpaired) electrons. The highest BCUT2D eigenvalue weighted by atomic mass is 32.2. The lowest BCUT2D eigenvalue weighted by molar-refractivity contribution is -0.121. The highest BCUT2D eigenvalue weighted by Crippen LogP contribution is 2.20. The predicted molar refractivity (Wildman–Crippen MR) is 117 cm³/mol. The molecule has 1 fully saturated rings. The van der Waals surface area contributed by atoms with Gasteiger partial charge in [-0.3, -0.25) is 13.9 Å². The number of benzene rings is 1. The number of anilines is 1. The Bertz CT molecular complexity index is 823. The zero-order valence-corrected chi connectivity index (χ0v) is 19.2. The largest absolute Gasteiger partial charge is 0.378 e. The molecule has 1 saturated heterocycles. The van der Waals surface area contributed by atoms with Gasteiger partial charge in [0.25, 0.3) is 5.91 Å². The molecule has 0 aliphatic carbocycles. The minimum Gasteiger partial charge on any atom is -0.378 e. The number of morpholine rings is 1. The van der Waals surface area contributed by atoms with Gasteiger partial charge in [-0.25, -0.2) is 8.42 Å². The number of amides is 2. The average molecular weight is 440 g/mol. The SMILES string of the molecule is CC(C)C(NC(=O)CN(c1ccc(C(=O)N2CCOCC2)cc1)S(C)(=O)=O)C(C)C. The van der Waals surface area contributed by atoms with E-state index in [0.717, 1.165) is 10.6 Å². The summed E-state index contributed by atoms with van der Waals surface area (Å²) in [5.74, 6) is -0.0243. The Balaban J connectivity index is 2.15. The lowest BCUT2D eigenvalue weighted by Crippen LogP contribution is -2.47. The summed E-state index contributed by atoms with van der Waals surface area (Å²) >= 11 is 0. The number of carbonyl (C=O) groups excluding carboxylic acids is 2. The summed E-state index contributed by atoms with van der Waals surface area (Å²) in [5.41, 5.74) is 0.815. The Labute approximate surface area is 179 Å². The molecule has 0 unspecified atom stereocenters. The van der Waals surface area contributed by atoms with E-state index >= 15 is 0 Å². The van der Waals surface area contributed by atoms with Gasteiger partial charge in [-0.15, -0.1) is 0 Å². The summed E-state index contributed by atoms with van der Waals surface area (Å²) in [5, 5.41) is 2.94. The van der Waals surface area contributed by atoms with Crippen molar-refractivity contribution < 1.29 is 22.7 Å². The van der Waals surface area contributed by atoms with E-state index in [2.05, 4.69) is 5.32 Å². The maximum absolute atomic E-state index is 12.6. The van der Waals surface area contributed by atoms with Crippen LogP contribution in [0.25, 0.3) is 0 Å². The fraction of sp³-hybridized carbons (Fsp3) is 0.619. The molecular formula is C21H33N3O5S. The summed E-state index contributed by atoms with van der Waals surface area (Å²) in [6, 6.07) is 6.25. The molecule has 0 aromatic heterocycles. The van der Waals surface area contributed by atoms with Gasteiger partial charge in [0, 0.05) is 24.7 Å². The van der Waals surface area contributed by atoms with Crippen molar-refractivity contribution >= 4 is 27.5 Å². The predicted octanol–water partition coefficient (Wildman–Crippen LogP) is 1.72. The molecule has 9 heteroatoms. The van der Waals surface area contributed by atoms with Gasteiger partial charge in [0.1, 0.15) is 6.54 Å². The highest BCUT2D eigenvalue weighted by Gasteiger charge is 2.25. The smallest absolute Gasteiger partial charge is 0.254 e. The minimum atomic E-state index is -3.68. The van der Waals surface area contributed by atoms with Crippen molar-refractivity contribution in [3.63, 3.8) is 0 Å². The molecule has 1 aromatic carbocycles. The maximum Gasteiger partial charge on any atom is 0.254 e. The normalized spacial score (nSPS) is 15.0. The molecule has 0 atom stereocenters. The second kappa shape index (κ2) is 10.3. The summed E-state index contributed by atoms with van der Waals surface area (Å²) < 4.78 is 31.0. The number of hydrogen-bond donors (Lipinski definition) is 1. The molecule has 1 aliphatic rings. The standard InChI is InChI=1S/C21H33N3O5S/c1-15(2)20(16(3)4)22-19(25)14-24(30(5,27)28)18-8-6-17(7-9-18)21(26)23-10-12-29-13-11-23/h6-9,15-16,20H,10-14H2,1-5H3,(H,22,25). The molecular weight excluding hydrogens is 406 g/mol. The van der Waals surface area contributed by atoms with Crippen LogP contribution in [0.1, 0.15) is 38.1 Å². The summed E-state index contributed by atoms with van der Waals surface area (Å²) in [6.45, 7) is 9.83. The topological polar surface area (TPSA) is 96.0 Å². The molecule has 8 nitrogen and oxygen atoms in total. The van der Waals surface area contributed by atoms with Crippen molar-refractivity contribution in [1.29, 1.82) is 0 Å². The molecule has 0 bridgehead atoms. The first kappa shape index (κ1) is 24.1. The highest BCUT2D eigenvalue weighted by molar-refractivity contribution is 7.92. The number of hydrogen-bond acceptors (Lipinski definition) is 5.